The molecular formula is C21H20O6S. The van der Waals surface area contributed by atoms with Gasteiger partial charge in [-0.15, -0.1) is 0 Å². The molecule has 0 radical (unpaired) electrons. The van der Waals surface area contributed by atoms with Gasteiger partial charge >= 0.3 is 11.9 Å². The second-order valence-corrected chi connectivity index (χ2v) is 7.68. The molecule has 0 spiro atoms. The fraction of sp³-hybridized carbons (Fsp3) is 0.286. The molecule has 1 aromatic rings. The van der Waals surface area contributed by atoms with E-state index in [0.29, 0.717) is 12.0 Å². The zero-order valence-electron chi connectivity index (χ0n) is 15.3. The first-order chi connectivity index (χ1) is 13.4. The molecule has 0 fully saturated rings. The summed E-state index contributed by atoms with van der Waals surface area (Å²) >= 11 is 1.51. The van der Waals surface area contributed by atoms with Gasteiger partial charge in [-0.05, 0) is 18.6 Å². The van der Waals surface area contributed by atoms with Crippen molar-refractivity contribution in [1.29, 1.82) is 0 Å². The summed E-state index contributed by atoms with van der Waals surface area (Å²) < 4.78 is 9.85. The molecule has 0 aromatic heterocycles. The first kappa shape index (κ1) is 20.1. The van der Waals surface area contributed by atoms with Crippen molar-refractivity contribution in [3.05, 3.63) is 64.6 Å². The van der Waals surface area contributed by atoms with Crippen LogP contribution < -0.4 is 0 Å². The maximum absolute atomic E-state index is 12.8. The molecular weight excluding hydrogens is 380 g/mol. The Bertz CT molecular complexity index is 898. The number of esters is 2. The smallest absolute Gasteiger partial charge is 0.333 e. The number of aliphatic hydroxyl groups excluding tert-OH is 1. The van der Waals surface area contributed by atoms with Gasteiger partial charge in [-0.25, -0.2) is 4.79 Å². The number of carbonyl (C=O) groups is 3. The van der Waals surface area contributed by atoms with Gasteiger partial charge in [-0.3, -0.25) is 9.59 Å². The highest BCUT2D eigenvalue weighted by atomic mass is 32.2. The highest BCUT2D eigenvalue weighted by Gasteiger charge is 2.35. The topological polar surface area (TPSA) is 89.9 Å². The van der Waals surface area contributed by atoms with Crippen LogP contribution in [0.3, 0.4) is 0 Å². The van der Waals surface area contributed by atoms with Gasteiger partial charge in [0.05, 0.1) is 0 Å². The first-order valence-electron chi connectivity index (χ1n) is 8.75. The zero-order valence-corrected chi connectivity index (χ0v) is 16.2. The minimum absolute atomic E-state index is 0.207. The normalized spacial score (nSPS) is 18.8. The number of Topliss-reactive ketones (excluding diaryl/α,β-unsaturated/α-hetero) is 1. The van der Waals surface area contributed by atoms with Crippen LogP contribution in [0.4, 0.5) is 0 Å². The van der Waals surface area contributed by atoms with E-state index in [1.54, 1.807) is 6.08 Å². The van der Waals surface area contributed by atoms with Crippen LogP contribution >= 0.6 is 11.8 Å². The summed E-state index contributed by atoms with van der Waals surface area (Å²) in [5.41, 5.74) is 1.86. The second-order valence-electron chi connectivity index (χ2n) is 6.59. The molecule has 0 amide bonds. The lowest BCUT2D eigenvalue weighted by Gasteiger charge is -2.25. The van der Waals surface area contributed by atoms with E-state index in [-0.39, 0.29) is 24.6 Å². The van der Waals surface area contributed by atoms with Crippen LogP contribution in [0.25, 0.3) is 0 Å². The molecule has 1 N–H and O–H groups in total. The maximum atomic E-state index is 12.8. The molecule has 6 nitrogen and oxygen atoms in total. The van der Waals surface area contributed by atoms with Crippen LogP contribution in [-0.2, 0) is 30.3 Å². The molecule has 0 saturated heterocycles. The molecule has 28 heavy (non-hydrogen) atoms. The summed E-state index contributed by atoms with van der Waals surface area (Å²) in [4.78, 5) is 38.3. The highest BCUT2D eigenvalue weighted by molar-refractivity contribution is 8.03. The zero-order chi connectivity index (χ0) is 20.3. The molecule has 1 heterocycles. The van der Waals surface area contributed by atoms with Crippen molar-refractivity contribution < 1.29 is 29.0 Å². The maximum Gasteiger partial charge on any atom is 0.333 e. The van der Waals surface area contributed by atoms with Crippen LogP contribution in [0.2, 0.25) is 0 Å². The molecule has 2 unspecified atom stereocenters. The molecule has 0 bridgehead atoms. The molecule has 1 aliphatic heterocycles. The standard InChI is InChI=1S/C21H20O6S/c1-12(2)20(24)26-10-14(22)11-27-21(25)15-7-8-18-16(19(15)23)9-13-5-3-4-6-17(13)28-18/h3-8,14-15,22H,1,9-11H2,2H3. The van der Waals surface area contributed by atoms with Crippen LogP contribution in [0.15, 0.2) is 63.9 Å². The fourth-order valence-electron chi connectivity index (χ4n) is 2.81. The van der Waals surface area contributed by atoms with E-state index in [9.17, 15) is 19.5 Å². The average Bonchev–Trinajstić information content (AvgIpc) is 2.69. The van der Waals surface area contributed by atoms with Crippen LogP contribution in [0, 0.1) is 5.92 Å². The van der Waals surface area contributed by atoms with Gasteiger partial charge in [0.2, 0.25) is 0 Å². The van der Waals surface area contributed by atoms with Gasteiger partial charge in [-0.1, -0.05) is 48.7 Å². The van der Waals surface area contributed by atoms with Crippen molar-refractivity contribution in [2.45, 2.75) is 24.3 Å². The molecule has 0 saturated carbocycles. The first-order valence-corrected chi connectivity index (χ1v) is 9.57. The van der Waals surface area contributed by atoms with Gasteiger partial charge < -0.3 is 14.6 Å². The lowest BCUT2D eigenvalue weighted by molar-refractivity contribution is -0.154. The van der Waals surface area contributed by atoms with Gasteiger partial charge in [0.1, 0.15) is 25.2 Å². The van der Waals surface area contributed by atoms with Crippen LogP contribution in [0.1, 0.15) is 12.5 Å². The van der Waals surface area contributed by atoms with E-state index in [4.69, 9.17) is 9.47 Å². The minimum Gasteiger partial charge on any atom is -0.462 e. The Morgan fingerprint density at radius 3 is 2.75 bits per heavy atom. The Kier molecular flexibility index (Phi) is 6.16. The Labute approximate surface area is 166 Å². The lowest BCUT2D eigenvalue weighted by atomic mass is 9.88. The number of rotatable bonds is 6. The number of benzene rings is 1. The summed E-state index contributed by atoms with van der Waals surface area (Å²) in [7, 11) is 0. The Morgan fingerprint density at radius 1 is 1.29 bits per heavy atom. The second kappa shape index (κ2) is 8.58. The number of aliphatic hydroxyl groups is 1. The summed E-state index contributed by atoms with van der Waals surface area (Å²) in [5, 5.41) is 9.79. The van der Waals surface area contributed by atoms with E-state index < -0.39 is 24.0 Å². The SMILES string of the molecule is C=C(C)C(=O)OCC(O)COC(=O)C1C=CC2=C(Cc3ccccc3S2)C1=O. The predicted octanol–water partition coefficient (Wildman–Crippen LogP) is 2.37. The van der Waals surface area contributed by atoms with E-state index in [2.05, 4.69) is 6.58 Å². The number of fused-ring (bicyclic) bond motifs is 1. The van der Waals surface area contributed by atoms with Crippen molar-refractivity contribution in [2.75, 3.05) is 13.2 Å². The van der Waals surface area contributed by atoms with Crippen molar-refractivity contribution >= 4 is 29.5 Å². The highest BCUT2D eigenvalue weighted by Crippen LogP contribution is 2.42. The predicted molar refractivity (Wildman–Crippen MR) is 103 cm³/mol. The number of hydrogen-bond donors (Lipinski definition) is 1. The molecule has 7 heteroatoms. The largest absolute Gasteiger partial charge is 0.462 e. The summed E-state index contributed by atoms with van der Waals surface area (Å²) in [5.74, 6) is -2.69. The van der Waals surface area contributed by atoms with E-state index in [1.165, 1.54) is 24.8 Å². The number of allylic oxidation sites excluding steroid dienone is 2. The van der Waals surface area contributed by atoms with Crippen molar-refractivity contribution in [2.24, 2.45) is 5.92 Å². The number of ketones is 1. The monoisotopic (exact) mass is 400 g/mol. The van der Waals surface area contributed by atoms with Gasteiger partial charge in [0.15, 0.2) is 5.78 Å². The third kappa shape index (κ3) is 4.43. The van der Waals surface area contributed by atoms with Gasteiger partial charge in [-0.2, -0.15) is 0 Å². The summed E-state index contributed by atoms with van der Waals surface area (Å²) in [6, 6.07) is 7.84. The van der Waals surface area contributed by atoms with Crippen molar-refractivity contribution in [3.63, 3.8) is 0 Å². The molecule has 3 rings (SSSR count). The third-order valence-corrected chi connectivity index (χ3v) is 5.52. The van der Waals surface area contributed by atoms with Gasteiger partial charge in [0.25, 0.3) is 0 Å². The van der Waals surface area contributed by atoms with Crippen molar-refractivity contribution in [1.82, 2.24) is 0 Å². The Balaban J connectivity index is 1.56. The Hall–Kier alpha value is -2.64. The molecule has 2 aliphatic rings. The van der Waals surface area contributed by atoms with Gasteiger partial charge in [0, 0.05) is 27.4 Å². The Morgan fingerprint density at radius 2 is 2.00 bits per heavy atom. The summed E-state index contributed by atoms with van der Waals surface area (Å²) in [6.07, 6.45) is 2.60. The number of carbonyl (C=O) groups excluding carboxylic acids is 3. The average molecular weight is 400 g/mol. The van der Waals surface area contributed by atoms with E-state index in [1.807, 2.05) is 24.3 Å². The third-order valence-electron chi connectivity index (χ3n) is 4.30. The number of hydrogen-bond acceptors (Lipinski definition) is 7. The lowest BCUT2D eigenvalue weighted by Crippen LogP contribution is -2.32. The number of thioether (sulfide) groups is 1. The number of ether oxygens (including phenoxy) is 2. The molecule has 1 aliphatic carbocycles. The van der Waals surface area contributed by atoms with Crippen LogP contribution in [-0.4, -0.2) is 42.1 Å². The van der Waals surface area contributed by atoms with Crippen LogP contribution in [0.5, 0.6) is 0 Å². The fourth-order valence-corrected chi connectivity index (χ4v) is 3.90. The van der Waals surface area contributed by atoms with E-state index >= 15 is 0 Å². The van der Waals surface area contributed by atoms with Crippen molar-refractivity contribution in [3.8, 4) is 0 Å². The molecule has 2 atom stereocenters. The molecule has 1 aromatic carbocycles. The summed E-state index contributed by atoms with van der Waals surface area (Å²) in [6.45, 7) is 4.22. The van der Waals surface area contributed by atoms with E-state index in [0.717, 1.165) is 15.4 Å². The quantitative estimate of drug-likeness (QED) is 0.445. The molecule has 146 valence electrons. The minimum atomic E-state index is -1.18.